The summed E-state index contributed by atoms with van der Waals surface area (Å²) in [4.78, 5) is 19.7. The van der Waals surface area contributed by atoms with E-state index in [2.05, 4.69) is 31.5 Å². The molecule has 0 aromatic carbocycles. The second-order valence-corrected chi connectivity index (χ2v) is 7.80. The van der Waals surface area contributed by atoms with E-state index in [0.29, 0.717) is 41.1 Å². The van der Waals surface area contributed by atoms with E-state index in [1.54, 1.807) is 12.3 Å². The zero-order valence-electron chi connectivity index (χ0n) is 16.3. The van der Waals surface area contributed by atoms with Gasteiger partial charge in [0.15, 0.2) is 22.4 Å². The average Bonchev–Trinajstić information content (AvgIpc) is 3.26. The number of nitrogen functional groups attached to an aromatic ring is 1. The van der Waals surface area contributed by atoms with E-state index in [4.69, 9.17) is 15.5 Å². The first-order valence-corrected chi connectivity index (χ1v) is 10.2. The lowest BCUT2D eigenvalue weighted by atomic mass is 10.1. The van der Waals surface area contributed by atoms with Crippen molar-refractivity contribution in [1.29, 1.82) is 0 Å². The lowest BCUT2D eigenvalue weighted by Crippen LogP contribution is -2.47. The van der Waals surface area contributed by atoms with E-state index in [-0.39, 0.29) is 23.7 Å². The lowest BCUT2D eigenvalue weighted by molar-refractivity contribution is -0.0494. The summed E-state index contributed by atoms with van der Waals surface area (Å²) in [6.07, 6.45) is 3.19. The number of hydrogen-bond acceptors (Lipinski definition) is 9. The molecule has 1 aliphatic heterocycles. The first kappa shape index (κ1) is 20.4. The van der Waals surface area contributed by atoms with Gasteiger partial charge in [0.05, 0.1) is 24.4 Å². The molecule has 0 unspecified atom stereocenters. The number of halogens is 2. The number of alkyl halides is 2. The molecule has 2 N–H and O–H groups in total. The number of aromatic nitrogens is 4. The van der Waals surface area contributed by atoms with Crippen molar-refractivity contribution in [3.63, 3.8) is 0 Å². The normalized spacial score (nSPS) is 19.3. The van der Waals surface area contributed by atoms with Crippen LogP contribution in [0, 0.1) is 0 Å². The van der Waals surface area contributed by atoms with E-state index in [1.807, 2.05) is 12.3 Å². The summed E-state index contributed by atoms with van der Waals surface area (Å²) in [6.45, 7) is 2.28. The third-order valence-corrected chi connectivity index (χ3v) is 5.40. The number of morpholine rings is 1. The Morgan fingerprint density at radius 1 is 1.27 bits per heavy atom. The van der Waals surface area contributed by atoms with Gasteiger partial charge in [0.1, 0.15) is 5.82 Å². The highest BCUT2D eigenvalue weighted by molar-refractivity contribution is 7.13. The number of rotatable bonds is 5. The van der Waals surface area contributed by atoms with Crippen molar-refractivity contribution < 1.29 is 18.3 Å². The highest BCUT2D eigenvalue weighted by atomic mass is 32.1. The number of anilines is 2. The number of nitrogens with zero attached hydrogens (tertiary/aromatic N) is 5. The molecule has 3 aromatic rings. The molecule has 0 spiro atoms. The number of pyridine rings is 1. The molecule has 4 rings (SSSR count). The second-order valence-electron chi connectivity index (χ2n) is 6.90. The lowest BCUT2D eigenvalue weighted by Gasteiger charge is -2.37. The van der Waals surface area contributed by atoms with Crippen molar-refractivity contribution in [2.45, 2.75) is 32.6 Å². The monoisotopic (exact) mass is 434 g/mol. The Balaban J connectivity index is 1.81. The molecule has 0 aliphatic carbocycles. The highest BCUT2D eigenvalue weighted by Gasteiger charge is 2.26. The molecule has 0 radical (unpaired) electrons. The fourth-order valence-electron chi connectivity index (χ4n) is 3.17. The van der Waals surface area contributed by atoms with E-state index >= 15 is 0 Å². The molecule has 8 nitrogen and oxygen atoms in total. The van der Waals surface area contributed by atoms with Gasteiger partial charge in [0.2, 0.25) is 0 Å². The van der Waals surface area contributed by atoms with Crippen LogP contribution in [-0.2, 0) is 4.74 Å². The topological polar surface area (TPSA) is 99.3 Å². The molecule has 1 aliphatic rings. The average molecular weight is 434 g/mol. The molecule has 1 saturated heterocycles. The minimum Gasteiger partial charge on any atom is -0.431 e. The molecular formula is C19H20F2N6O2S. The van der Waals surface area contributed by atoms with Gasteiger partial charge < -0.3 is 20.1 Å². The van der Waals surface area contributed by atoms with Crippen LogP contribution >= 0.6 is 11.3 Å². The van der Waals surface area contributed by atoms with Crippen molar-refractivity contribution in [3.05, 3.63) is 29.9 Å². The van der Waals surface area contributed by atoms with Crippen LogP contribution in [0.1, 0.15) is 13.8 Å². The van der Waals surface area contributed by atoms with Gasteiger partial charge in [-0.1, -0.05) is 0 Å². The van der Waals surface area contributed by atoms with E-state index < -0.39 is 6.61 Å². The fraction of sp³-hybridized carbons (Fsp3) is 0.368. The maximum atomic E-state index is 12.7. The van der Waals surface area contributed by atoms with Gasteiger partial charge in [-0.15, -0.1) is 11.3 Å². The Hall–Kier alpha value is -2.92. The molecule has 4 heterocycles. The number of ether oxygens (including phenoxy) is 2. The first-order valence-electron chi connectivity index (χ1n) is 9.28. The van der Waals surface area contributed by atoms with Gasteiger partial charge in [-0.05, 0) is 19.9 Å². The van der Waals surface area contributed by atoms with Crippen LogP contribution in [0.3, 0.4) is 0 Å². The molecule has 2 atom stereocenters. The Bertz CT molecular complexity index is 1020. The summed E-state index contributed by atoms with van der Waals surface area (Å²) in [5, 5.41) is 2.49. The maximum absolute atomic E-state index is 12.7. The van der Waals surface area contributed by atoms with Gasteiger partial charge >= 0.3 is 6.61 Å². The second kappa shape index (κ2) is 8.44. The third-order valence-electron chi connectivity index (χ3n) is 4.63. The summed E-state index contributed by atoms with van der Waals surface area (Å²) >= 11 is 1.41. The molecule has 11 heteroatoms. The maximum Gasteiger partial charge on any atom is 0.387 e. The van der Waals surface area contributed by atoms with Crippen LogP contribution in [0.25, 0.3) is 22.1 Å². The van der Waals surface area contributed by atoms with Crippen LogP contribution in [0.5, 0.6) is 5.75 Å². The number of thiazole rings is 1. The van der Waals surface area contributed by atoms with Crippen molar-refractivity contribution >= 4 is 23.0 Å². The Kier molecular flexibility index (Phi) is 5.73. The molecular weight excluding hydrogens is 414 g/mol. The first-order chi connectivity index (χ1) is 14.4. The molecule has 0 bridgehead atoms. The number of nitrogens with two attached hydrogens (primary N) is 1. The summed E-state index contributed by atoms with van der Waals surface area (Å²) in [7, 11) is 0. The highest BCUT2D eigenvalue weighted by Crippen LogP contribution is 2.32. The standard InChI is InChI=1S/C19H20F2N6O2S/c1-10-9-28-11(2)8-27(10)15-6-13(25-17(26-15)18-23-3-4-30-18)12-5-14(29-19(20)21)16(22)24-7-12/h3-7,10-11,19H,8-9H2,1-2H3,(H2,22,24)/t10-,11-/m0/s1. The molecule has 0 saturated carbocycles. The van der Waals surface area contributed by atoms with Gasteiger partial charge in [-0.25, -0.2) is 19.9 Å². The zero-order chi connectivity index (χ0) is 21.3. The van der Waals surface area contributed by atoms with E-state index in [0.717, 1.165) is 0 Å². The van der Waals surface area contributed by atoms with Gasteiger partial charge in [0, 0.05) is 35.9 Å². The quantitative estimate of drug-likeness (QED) is 0.652. The van der Waals surface area contributed by atoms with Crippen LogP contribution in [0.4, 0.5) is 20.4 Å². The van der Waals surface area contributed by atoms with Gasteiger partial charge in [-0.2, -0.15) is 8.78 Å². The van der Waals surface area contributed by atoms with Gasteiger partial charge in [-0.3, -0.25) is 0 Å². The van der Waals surface area contributed by atoms with Crippen molar-refractivity contribution in [2.24, 2.45) is 0 Å². The van der Waals surface area contributed by atoms with Crippen molar-refractivity contribution in [2.75, 3.05) is 23.8 Å². The Labute approximate surface area is 175 Å². The van der Waals surface area contributed by atoms with E-state index in [1.165, 1.54) is 23.6 Å². The predicted molar refractivity (Wildman–Crippen MR) is 110 cm³/mol. The Morgan fingerprint density at radius 3 is 2.83 bits per heavy atom. The largest absolute Gasteiger partial charge is 0.431 e. The van der Waals surface area contributed by atoms with Crippen LogP contribution in [-0.4, -0.2) is 51.8 Å². The summed E-state index contributed by atoms with van der Waals surface area (Å²) in [5.41, 5.74) is 6.66. The van der Waals surface area contributed by atoms with Crippen LogP contribution in [0.2, 0.25) is 0 Å². The fourth-order valence-corrected chi connectivity index (χ4v) is 3.74. The SMILES string of the molecule is C[C@H]1CN(c2cc(-c3cnc(N)c(OC(F)F)c3)nc(-c3nccs3)n2)[C@@H](C)CO1. The van der Waals surface area contributed by atoms with E-state index in [9.17, 15) is 8.78 Å². The predicted octanol–water partition coefficient (Wildman–Crippen LogP) is 3.46. The molecule has 0 amide bonds. The summed E-state index contributed by atoms with van der Waals surface area (Å²) < 4.78 is 35.6. The minimum atomic E-state index is -3.01. The minimum absolute atomic E-state index is 0.0483. The van der Waals surface area contributed by atoms with Crippen LogP contribution in [0.15, 0.2) is 29.9 Å². The third kappa shape index (κ3) is 4.31. The summed E-state index contributed by atoms with van der Waals surface area (Å²) in [6, 6.07) is 3.30. The summed E-state index contributed by atoms with van der Waals surface area (Å²) in [5.74, 6) is 0.814. The Morgan fingerprint density at radius 2 is 2.10 bits per heavy atom. The van der Waals surface area contributed by atoms with Crippen molar-refractivity contribution in [3.8, 4) is 27.8 Å². The van der Waals surface area contributed by atoms with Crippen LogP contribution < -0.4 is 15.4 Å². The van der Waals surface area contributed by atoms with Crippen molar-refractivity contribution in [1.82, 2.24) is 19.9 Å². The number of hydrogen-bond donors (Lipinski definition) is 1. The van der Waals surface area contributed by atoms with Gasteiger partial charge in [0.25, 0.3) is 0 Å². The smallest absolute Gasteiger partial charge is 0.387 e. The molecule has 3 aromatic heterocycles. The zero-order valence-corrected chi connectivity index (χ0v) is 17.1. The molecule has 30 heavy (non-hydrogen) atoms. The molecule has 158 valence electrons. The molecule has 1 fully saturated rings.